The number of phenolic OH excluding ortho intramolecular Hbond substituents is 1. The van der Waals surface area contributed by atoms with Crippen LogP contribution in [-0.2, 0) is 6.42 Å². The zero-order valence-electron chi connectivity index (χ0n) is 10.6. The first-order chi connectivity index (χ1) is 9.72. The third-order valence-corrected chi connectivity index (χ3v) is 3.84. The van der Waals surface area contributed by atoms with E-state index in [1.165, 1.54) is 12.1 Å². The molecule has 2 nitrogen and oxygen atoms in total. The van der Waals surface area contributed by atoms with Crippen LogP contribution in [0.2, 0.25) is 0 Å². The Balaban J connectivity index is 1.82. The second-order valence-electron chi connectivity index (χ2n) is 4.46. The molecule has 0 aliphatic rings. The van der Waals surface area contributed by atoms with Crippen molar-refractivity contribution in [2.75, 3.05) is 0 Å². The Morgan fingerprint density at radius 2 is 1.90 bits per heavy atom. The molecule has 20 heavy (non-hydrogen) atoms. The monoisotopic (exact) mass is 285 g/mol. The molecule has 100 valence electrons. The third-order valence-electron chi connectivity index (χ3n) is 2.99. The van der Waals surface area contributed by atoms with Gasteiger partial charge in [-0.15, -0.1) is 11.3 Å². The van der Waals surface area contributed by atoms with E-state index >= 15 is 0 Å². The number of phenols is 1. The van der Waals surface area contributed by atoms with Crippen LogP contribution in [0.4, 0.5) is 4.39 Å². The van der Waals surface area contributed by atoms with Gasteiger partial charge in [-0.1, -0.05) is 36.4 Å². The molecular formula is C16H12FNOS. The normalized spacial score (nSPS) is 10.7. The summed E-state index contributed by atoms with van der Waals surface area (Å²) in [5, 5.41) is 12.1. The smallest absolute Gasteiger partial charge is 0.165 e. The lowest BCUT2D eigenvalue weighted by molar-refractivity contribution is 0.432. The van der Waals surface area contributed by atoms with Gasteiger partial charge in [0.1, 0.15) is 0 Å². The molecule has 0 radical (unpaired) electrons. The molecule has 0 atom stereocenters. The summed E-state index contributed by atoms with van der Waals surface area (Å²) in [5.41, 5.74) is 2.81. The first-order valence-corrected chi connectivity index (χ1v) is 7.07. The minimum absolute atomic E-state index is 0.321. The van der Waals surface area contributed by atoms with Crippen LogP contribution in [0.1, 0.15) is 10.6 Å². The minimum Gasteiger partial charge on any atom is -0.505 e. The fraction of sp³-hybridized carbons (Fsp3) is 0.0625. The predicted molar refractivity (Wildman–Crippen MR) is 78.4 cm³/mol. The van der Waals surface area contributed by atoms with E-state index in [9.17, 15) is 9.50 Å². The van der Waals surface area contributed by atoms with Gasteiger partial charge < -0.3 is 5.11 Å². The van der Waals surface area contributed by atoms with Crippen molar-refractivity contribution in [1.82, 2.24) is 4.98 Å². The van der Waals surface area contributed by atoms with Crippen LogP contribution in [0.3, 0.4) is 0 Å². The first-order valence-electron chi connectivity index (χ1n) is 6.19. The lowest BCUT2D eigenvalue weighted by Gasteiger charge is -2.00. The number of aromatic hydroxyl groups is 1. The number of halogens is 1. The molecule has 0 fully saturated rings. The number of benzene rings is 2. The van der Waals surface area contributed by atoms with Crippen LogP contribution in [-0.4, -0.2) is 10.1 Å². The Morgan fingerprint density at radius 1 is 1.10 bits per heavy atom. The molecular weight excluding hydrogens is 273 g/mol. The van der Waals surface area contributed by atoms with Crippen molar-refractivity contribution < 1.29 is 9.50 Å². The maximum absolute atomic E-state index is 13.3. The average Bonchev–Trinajstić information content (AvgIpc) is 2.92. The van der Waals surface area contributed by atoms with Crippen molar-refractivity contribution in [2.24, 2.45) is 0 Å². The van der Waals surface area contributed by atoms with E-state index in [4.69, 9.17) is 0 Å². The highest BCUT2D eigenvalue weighted by atomic mass is 32.1. The van der Waals surface area contributed by atoms with Gasteiger partial charge in [-0.25, -0.2) is 9.37 Å². The molecule has 3 aromatic rings. The zero-order valence-corrected chi connectivity index (χ0v) is 11.4. The number of hydrogen-bond donors (Lipinski definition) is 1. The van der Waals surface area contributed by atoms with E-state index in [1.54, 1.807) is 17.4 Å². The van der Waals surface area contributed by atoms with Crippen LogP contribution in [0.5, 0.6) is 5.75 Å². The summed E-state index contributed by atoms with van der Waals surface area (Å²) in [6, 6.07) is 14.4. The number of aromatic nitrogens is 1. The third kappa shape index (κ3) is 2.70. The highest BCUT2D eigenvalue weighted by Gasteiger charge is 2.07. The molecule has 2 aromatic carbocycles. The maximum atomic E-state index is 13.3. The van der Waals surface area contributed by atoms with Crippen LogP contribution in [0.25, 0.3) is 11.3 Å². The van der Waals surface area contributed by atoms with Gasteiger partial charge >= 0.3 is 0 Å². The SMILES string of the molecule is Oc1ccc(Cc2nc(-c3ccccc3)cs2)cc1F. The second kappa shape index (κ2) is 5.43. The quantitative estimate of drug-likeness (QED) is 0.780. The molecule has 0 spiro atoms. The van der Waals surface area contributed by atoms with E-state index in [1.807, 2.05) is 35.7 Å². The maximum Gasteiger partial charge on any atom is 0.165 e. The molecule has 1 aromatic heterocycles. The van der Waals surface area contributed by atoms with Crippen molar-refractivity contribution in [3.63, 3.8) is 0 Å². The minimum atomic E-state index is -0.595. The number of hydrogen-bond acceptors (Lipinski definition) is 3. The molecule has 0 aliphatic carbocycles. The lowest BCUT2D eigenvalue weighted by atomic mass is 10.1. The molecule has 0 bridgehead atoms. The van der Waals surface area contributed by atoms with E-state index in [0.29, 0.717) is 6.42 Å². The van der Waals surface area contributed by atoms with Gasteiger partial charge in [-0.2, -0.15) is 0 Å². The Hall–Kier alpha value is -2.20. The van der Waals surface area contributed by atoms with Crippen LogP contribution in [0, 0.1) is 5.82 Å². The topological polar surface area (TPSA) is 33.1 Å². The Kier molecular flexibility index (Phi) is 3.48. The Labute approximate surface area is 120 Å². The Bertz CT molecular complexity index is 724. The Morgan fingerprint density at radius 3 is 2.65 bits per heavy atom. The van der Waals surface area contributed by atoms with Crippen LogP contribution in [0.15, 0.2) is 53.9 Å². The summed E-state index contributed by atoms with van der Waals surface area (Å²) in [6.45, 7) is 0. The van der Waals surface area contributed by atoms with E-state index in [2.05, 4.69) is 4.98 Å². The summed E-state index contributed by atoms with van der Waals surface area (Å²) < 4.78 is 13.3. The predicted octanol–water partition coefficient (Wildman–Crippen LogP) is 4.25. The molecule has 0 unspecified atom stereocenters. The second-order valence-corrected chi connectivity index (χ2v) is 5.40. The summed E-state index contributed by atoms with van der Waals surface area (Å²) in [7, 11) is 0. The van der Waals surface area contributed by atoms with Gasteiger partial charge in [0, 0.05) is 17.4 Å². The van der Waals surface area contributed by atoms with Crippen LogP contribution < -0.4 is 0 Å². The van der Waals surface area contributed by atoms with Gasteiger partial charge in [-0.05, 0) is 17.7 Å². The highest BCUT2D eigenvalue weighted by Crippen LogP contribution is 2.24. The molecule has 3 rings (SSSR count). The van der Waals surface area contributed by atoms with Crippen molar-refractivity contribution >= 4 is 11.3 Å². The summed E-state index contributed by atoms with van der Waals surface area (Å²) in [6.07, 6.45) is 0.564. The lowest BCUT2D eigenvalue weighted by Crippen LogP contribution is -1.89. The molecule has 4 heteroatoms. The average molecular weight is 285 g/mol. The van der Waals surface area contributed by atoms with Crippen molar-refractivity contribution in [3.8, 4) is 17.0 Å². The van der Waals surface area contributed by atoms with Crippen molar-refractivity contribution in [1.29, 1.82) is 0 Å². The number of nitrogens with zero attached hydrogens (tertiary/aromatic N) is 1. The van der Waals surface area contributed by atoms with Gasteiger partial charge in [0.25, 0.3) is 0 Å². The fourth-order valence-electron chi connectivity index (χ4n) is 1.97. The van der Waals surface area contributed by atoms with Gasteiger partial charge in [0.15, 0.2) is 11.6 Å². The molecule has 0 saturated heterocycles. The van der Waals surface area contributed by atoms with Gasteiger partial charge in [-0.3, -0.25) is 0 Å². The molecule has 1 N–H and O–H groups in total. The highest BCUT2D eigenvalue weighted by molar-refractivity contribution is 7.10. The van der Waals surface area contributed by atoms with Gasteiger partial charge in [0.05, 0.1) is 10.7 Å². The van der Waals surface area contributed by atoms with Crippen LogP contribution >= 0.6 is 11.3 Å². The van der Waals surface area contributed by atoms with Crippen molar-refractivity contribution in [2.45, 2.75) is 6.42 Å². The molecule has 0 saturated carbocycles. The number of rotatable bonds is 3. The first kappa shape index (κ1) is 12.8. The largest absolute Gasteiger partial charge is 0.505 e. The summed E-state index contributed by atoms with van der Waals surface area (Å²) in [5.74, 6) is -0.916. The molecule has 1 heterocycles. The zero-order chi connectivity index (χ0) is 13.9. The summed E-state index contributed by atoms with van der Waals surface area (Å²) in [4.78, 5) is 4.56. The van der Waals surface area contributed by atoms with Crippen molar-refractivity contribution in [3.05, 3.63) is 70.3 Å². The standard InChI is InChI=1S/C16H12FNOS/c17-13-8-11(6-7-15(13)19)9-16-18-14(10-20-16)12-4-2-1-3-5-12/h1-8,10,19H,9H2. The van der Waals surface area contributed by atoms with Gasteiger partial charge in [0.2, 0.25) is 0 Å². The van der Waals surface area contributed by atoms with E-state index < -0.39 is 5.82 Å². The molecule has 0 aliphatic heterocycles. The van der Waals surface area contributed by atoms with E-state index in [-0.39, 0.29) is 5.75 Å². The molecule has 0 amide bonds. The van der Waals surface area contributed by atoms with E-state index in [0.717, 1.165) is 21.8 Å². The number of thiazole rings is 1. The fourth-order valence-corrected chi connectivity index (χ4v) is 2.81. The summed E-state index contributed by atoms with van der Waals surface area (Å²) >= 11 is 1.55.